The molecule has 1 aliphatic heterocycles. The summed E-state index contributed by atoms with van der Waals surface area (Å²) >= 11 is 0. The standard InChI is InChI=1S/C14H21NO4S/c1-10-4-5-11(2)13(8-10)20(17,18)15-9-14(16)6-7-19-12(14)3/h4-5,8,12,15-16H,6-7,9H2,1-3H3. The molecule has 1 saturated heterocycles. The zero-order valence-corrected chi connectivity index (χ0v) is 12.8. The third kappa shape index (κ3) is 3.03. The normalized spacial score (nSPS) is 26.9. The van der Waals surface area contributed by atoms with Crippen LogP contribution in [0.3, 0.4) is 0 Å². The maximum Gasteiger partial charge on any atom is 0.240 e. The van der Waals surface area contributed by atoms with Gasteiger partial charge in [0.05, 0.1) is 11.0 Å². The third-order valence-electron chi connectivity index (χ3n) is 3.86. The summed E-state index contributed by atoms with van der Waals surface area (Å²) in [6.45, 7) is 5.76. The Bertz CT molecular complexity index is 599. The monoisotopic (exact) mass is 299 g/mol. The second-order valence-electron chi connectivity index (χ2n) is 5.46. The van der Waals surface area contributed by atoms with Crippen LogP contribution in [0.25, 0.3) is 0 Å². The zero-order valence-electron chi connectivity index (χ0n) is 12.0. The zero-order chi connectivity index (χ0) is 15.0. The minimum Gasteiger partial charge on any atom is -0.386 e. The van der Waals surface area contributed by atoms with Crippen molar-refractivity contribution in [2.75, 3.05) is 13.2 Å². The molecular weight excluding hydrogens is 278 g/mol. The van der Waals surface area contributed by atoms with Crippen LogP contribution in [0.5, 0.6) is 0 Å². The van der Waals surface area contributed by atoms with Crippen LogP contribution in [0, 0.1) is 13.8 Å². The molecule has 0 saturated carbocycles. The molecule has 1 aromatic rings. The fraction of sp³-hybridized carbons (Fsp3) is 0.571. The number of ether oxygens (including phenoxy) is 1. The van der Waals surface area contributed by atoms with Gasteiger partial charge < -0.3 is 9.84 Å². The average Bonchev–Trinajstić information content (AvgIpc) is 2.71. The minimum atomic E-state index is -3.63. The van der Waals surface area contributed by atoms with Gasteiger partial charge in [-0.3, -0.25) is 0 Å². The predicted octanol–water partition coefficient (Wildman–Crippen LogP) is 1.12. The highest BCUT2D eigenvalue weighted by Gasteiger charge is 2.40. The van der Waals surface area contributed by atoms with Crippen LogP contribution in [-0.4, -0.2) is 38.4 Å². The smallest absolute Gasteiger partial charge is 0.240 e. The maximum absolute atomic E-state index is 12.3. The van der Waals surface area contributed by atoms with E-state index < -0.39 is 15.6 Å². The van der Waals surface area contributed by atoms with Crippen molar-refractivity contribution in [1.82, 2.24) is 4.72 Å². The molecule has 1 fully saturated rings. The van der Waals surface area contributed by atoms with Gasteiger partial charge in [0, 0.05) is 19.6 Å². The average molecular weight is 299 g/mol. The highest BCUT2D eigenvalue weighted by molar-refractivity contribution is 7.89. The van der Waals surface area contributed by atoms with Crippen molar-refractivity contribution in [1.29, 1.82) is 0 Å². The lowest BCUT2D eigenvalue weighted by molar-refractivity contribution is -0.0228. The van der Waals surface area contributed by atoms with Gasteiger partial charge >= 0.3 is 0 Å². The Morgan fingerprint density at radius 3 is 2.75 bits per heavy atom. The molecular formula is C14H21NO4S. The Kier molecular flexibility index (Phi) is 4.20. The first-order valence-electron chi connectivity index (χ1n) is 6.65. The van der Waals surface area contributed by atoms with Gasteiger partial charge in [-0.05, 0) is 38.0 Å². The van der Waals surface area contributed by atoms with Crippen molar-refractivity contribution in [2.45, 2.75) is 43.8 Å². The summed E-state index contributed by atoms with van der Waals surface area (Å²) in [7, 11) is -3.63. The van der Waals surface area contributed by atoms with Crippen LogP contribution in [-0.2, 0) is 14.8 Å². The van der Waals surface area contributed by atoms with Crippen molar-refractivity contribution in [2.24, 2.45) is 0 Å². The van der Waals surface area contributed by atoms with E-state index in [0.717, 1.165) is 5.56 Å². The first kappa shape index (κ1) is 15.4. The summed E-state index contributed by atoms with van der Waals surface area (Å²) in [5.74, 6) is 0. The topological polar surface area (TPSA) is 75.6 Å². The Labute approximate surface area is 120 Å². The number of hydrogen-bond acceptors (Lipinski definition) is 4. The van der Waals surface area contributed by atoms with Crippen LogP contribution >= 0.6 is 0 Å². The number of nitrogens with one attached hydrogen (secondary N) is 1. The van der Waals surface area contributed by atoms with Crippen molar-refractivity contribution in [3.63, 3.8) is 0 Å². The first-order chi connectivity index (χ1) is 9.24. The Balaban J connectivity index is 2.18. The summed E-state index contributed by atoms with van der Waals surface area (Å²) in [5, 5.41) is 10.3. The van der Waals surface area contributed by atoms with Crippen molar-refractivity contribution in [3.8, 4) is 0 Å². The number of sulfonamides is 1. The van der Waals surface area contributed by atoms with Gasteiger partial charge in [-0.1, -0.05) is 12.1 Å². The van der Waals surface area contributed by atoms with Gasteiger partial charge in [0.2, 0.25) is 10.0 Å². The van der Waals surface area contributed by atoms with E-state index in [-0.39, 0.29) is 17.5 Å². The van der Waals surface area contributed by atoms with Crippen molar-refractivity contribution < 1.29 is 18.3 Å². The molecule has 2 N–H and O–H groups in total. The largest absolute Gasteiger partial charge is 0.386 e. The lowest BCUT2D eigenvalue weighted by atomic mass is 9.97. The van der Waals surface area contributed by atoms with E-state index in [1.165, 1.54) is 0 Å². The maximum atomic E-state index is 12.3. The molecule has 2 unspecified atom stereocenters. The molecule has 1 aromatic carbocycles. The molecule has 0 radical (unpaired) electrons. The summed E-state index contributed by atoms with van der Waals surface area (Å²) in [6.07, 6.45) is 0.0625. The van der Waals surface area contributed by atoms with Gasteiger partial charge in [-0.2, -0.15) is 0 Å². The van der Waals surface area contributed by atoms with Crippen LogP contribution in [0.2, 0.25) is 0 Å². The van der Waals surface area contributed by atoms with Crippen LogP contribution in [0.15, 0.2) is 23.1 Å². The lowest BCUT2D eigenvalue weighted by Gasteiger charge is -2.26. The molecule has 6 heteroatoms. The highest BCUT2D eigenvalue weighted by atomic mass is 32.2. The van der Waals surface area contributed by atoms with Gasteiger partial charge in [0.15, 0.2) is 0 Å². The number of rotatable bonds is 4. The van der Waals surface area contributed by atoms with Crippen LogP contribution in [0.1, 0.15) is 24.5 Å². The Morgan fingerprint density at radius 1 is 1.45 bits per heavy atom. The van der Waals surface area contributed by atoms with E-state index >= 15 is 0 Å². The van der Waals surface area contributed by atoms with Gasteiger partial charge in [0.1, 0.15) is 5.60 Å². The SMILES string of the molecule is Cc1ccc(C)c(S(=O)(=O)NCC2(O)CCOC2C)c1. The van der Waals surface area contributed by atoms with Crippen LogP contribution < -0.4 is 4.72 Å². The first-order valence-corrected chi connectivity index (χ1v) is 8.14. The molecule has 0 aromatic heterocycles. The lowest BCUT2D eigenvalue weighted by Crippen LogP contribution is -2.47. The summed E-state index contributed by atoms with van der Waals surface area (Å²) in [5.41, 5.74) is 0.434. The number of aryl methyl sites for hydroxylation is 2. The van der Waals surface area contributed by atoms with E-state index in [9.17, 15) is 13.5 Å². The molecule has 20 heavy (non-hydrogen) atoms. The van der Waals surface area contributed by atoms with Crippen LogP contribution in [0.4, 0.5) is 0 Å². The van der Waals surface area contributed by atoms with E-state index in [4.69, 9.17) is 4.74 Å². The van der Waals surface area contributed by atoms with E-state index in [1.54, 1.807) is 26.0 Å². The summed E-state index contributed by atoms with van der Waals surface area (Å²) in [4.78, 5) is 0.257. The van der Waals surface area contributed by atoms with Crippen molar-refractivity contribution in [3.05, 3.63) is 29.3 Å². The number of hydrogen-bond donors (Lipinski definition) is 2. The predicted molar refractivity (Wildman–Crippen MR) is 76.1 cm³/mol. The Hall–Kier alpha value is -0.950. The fourth-order valence-electron chi connectivity index (χ4n) is 2.30. The molecule has 0 bridgehead atoms. The summed E-state index contributed by atoms with van der Waals surface area (Å²) < 4.78 is 32.5. The minimum absolute atomic E-state index is 0.0378. The third-order valence-corrected chi connectivity index (χ3v) is 5.40. The second kappa shape index (κ2) is 5.44. The fourth-order valence-corrected chi connectivity index (χ4v) is 3.73. The molecule has 0 aliphatic carbocycles. The molecule has 1 aliphatic rings. The number of aliphatic hydroxyl groups is 1. The quantitative estimate of drug-likeness (QED) is 0.873. The second-order valence-corrected chi connectivity index (χ2v) is 7.20. The highest BCUT2D eigenvalue weighted by Crippen LogP contribution is 2.25. The van der Waals surface area contributed by atoms with Gasteiger partial charge in [-0.25, -0.2) is 13.1 Å². The van der Waals surface area contributed by atoms with Gasteiger partial charge in [-0.15, -0.1) is 0 Å². The van der Waals surface area contributed by atoms with E-state index in [1.807, 2.05) is 13.0 Å². The van der Waals surface area contributed by atoms with E-state index in [2.05, 4.69) is 4.72 Å². The van der Waals surface area contributed by atoms with Gasteiger partial charge in [0.25, 0.3) is 0 Å². The number of benzene rings is 1. The summed E-state index contributed by atoms with van der Waals surface area (Å²) in [6, 6.07) is 5.28. The molecule has 112 valence electrons. The molecule has 2 atom stereocenters. The molecule has 1 heterocycles. The molecule has 0 amide bonds. The molecule has 2 rings (SSSR count). The molecule has 5 nitrogen and oxygen atoms in total. The van der Waals surface area contributed by atoms with Crippen molar-refractivity contribution >= 4 is 10.0 Å². The Morgan fingerprint density at radius 2 is 2.15 bits per heavy atom. The molecule has 0 spiro atoms. The van der Waals surface area contributed by atoms with E-state index in [0.29, 0.717) is 18.6 Å².